The molecule has 0 radical (unpaired) electrons. The number of aromatic nitrogens is 1. The molecule has 148 valence electrons. The van der Waals surface area contributed by atoms with Crippen LogP contribution in [0.25, 0.3) is 0 Å². The van der Waals surface area contributed by atoms with Gasteiger partial charge in [0.2, 0.25) is 0 Å². The average molecular weight is 373 g/mol. The number of nitrogens with one attached hydrogen (secondary N) is 2. The number of hydrogen-bond donors (Lipinski definition) is 2. The standard InChI is InChI=1S/C21H32N4O2/c1-4-19-18(20(5-2)27-25-19)16-24-21(22-3)23-13-9-14-26-15-12-17-10-7-6-8-11-17/h6-8,10-11H,4-5,9,12-16H2,1-3H3,(H2,22,23,24). The van der Waals surface area contributed by atoms with E-state index in [1.807, 2.05) is 6.07 Å². The Kier molecular flexibility index (Phi) is 9.41. The van der Waals surface area contributed by atoms with Gasteiger partial charge in [0, 0.05) is 38.7 Å². The lowest BCUT2D eigenvalue weighted by atomic mass is 10.1. The van der Waals surface area contributed by atoms with Gasteiger partial charge in [-0.2, -0.15) is 0 Å². The molecule has 1 heterocycles. The van der Waals surface area contributed by atoms with Crippen molar-refractivity contribution in [3.8, 4) is 0 Å². The summed E-state index contributed by atoms with van der Waals surface area (Å²) in [7, 11) is 1.78. The first-order valence-electron chi connectivity index (χ1n) is 9.80. The zero-order chi connectivity index (χ0) is 19.3. The van der Waals surface area contributed by atoms with Crippen molar-refractivity contribution in [2.75, 3.05) is 26.8 Å². The van der Waals surface area contributed by atoms with E-state index in [1.54, 1.807) is 7.05 Å². The Morgan fingerprint density at radius 1 is 1.11 bits per heavy atom. The van der Waals surface area contributed by atoms with Gasteiger partial charge < -0.3 is 19.9 Å². The third-order valence-corrected chi connectivity index (χ3v) is 4.40. The molecule has 27 heavy (non-hydrogen) atoms. The quantitative estimate of drug-likeness (QED) is 0.360. The molecule has 6 heteroatoms. The Hall–Kier alpha value is -2.34. The second kappa shape index (κ2) is 12.1. The maximum Gasteiger partial charge on any atom is 0.191 e. The van der Waals surface area contributed by atoms with E-state index in [1.165, 1.54) is 5.56 Å². The zero-order valence-electron chi connectivity index (χ0n) is 16.8. The summed E-state index contributed by atoms with van der Waals surface area (Å²) in [6, 6.07) is 10.4. The minimum absolute atomic E-state index is 0.670. The molecule has 0 unspecified atom stereocenters. The fraction of sp³-hybridized carbons (Fsp3) is 0.524. The maximum atomic E-state index is 5.71. The van der Waals surface area contributed by atoms with Crippen LogP contribution in [0.1, 0.15) is 42.8 Å². The largest absolute Gasteiger partial charge is 0.381 e. The van der Waals surface area contributed by atoms with Crippen LogP contribution < -0.4 is 10.6 Å². The number of ether oxygens (including phenoxy) is 1. The van der Waals surface area contributed by atoms with E-state index in [-0.39, 0.29) is 0 Å². The van der Waals surface area contributed by atoms with Gasteiger partial charge in [0.25, 0.3) is 0 Å². The third-order valence-electron chi connectivity index (χ3n) is 4.40. The molecule has 2 aromatic rings. The highest BCUT2D eigenvalue weighted by Gasteiger charge is 2.13. The normalized spacial score (nSPS) is 11.6. The van der Waals surface area contributed by atoms with E-state index in [4.69, 9.17) is 9.26 Å². The molecule has 6 nitrogen and oxygen atoms in total. The summed E-state index contributed by atoms with van der Waals surface area (Å²) in [5.41, 5.74) is 3.47. The predicted octanol–water partition coefficient (Wildman–Crippen LogP) is 3.11. The molecule has 0 aliphatic rings. The van der Waals surface area contributed by atoms with E-state index in [0.29, 0.717) is 6.54 Å². The summed E-state index contributed by atoms with van der Waals surface area (Å²) < 4.78 is 11.1. The van der Waals surface area contributed by atoms with Gasteiger partial charge in [0.15, 0.2) is 5.96 Å². The monoisotopic (exact) mass is 372 g/mol. The minimum Gasteiger partial charge on any atom is -0.381 e. The zero-order valence-corrected chi connectivity index (χ0v) is 16.8. The molecule has 2 rings (SSSR count). The van der Waals surface area contributed by atoms with Gasteiger partial charge in [-0.1, -0.05) is 49.3 Å². The summed E-state index contributed by atoms with van der Waals surface area (Å²) in [5.74, 6) is 1.73. The first-order valence-corrected chi connectivity index (χ1v) is 9.80. The fourth-order valence-corrected chi connectivity index (χ4v) is 2.85. The van der Waals surface area contributed by atoms with Crippen LogP contribution in [0.2, 0.25) is 0 Å². The fourth-order valence-electron chi connectivity index (χ4n) is 2.85. The number of benzene rings is 1. The van der Waals surface area contributed by atoms with Gasteiger partial charge in [-0.25, -0.2) is 0 Å². The lowest BCUT2D eigenvalue weighted by molar-refractivity contribution is 0.135. The molecular formula is C21H32N4O2. The number of guanidine groups is 1. The van der Waals surface area contributed by atoms with Gasteiger partial charge in [0.1, 0.15) is 5.76 Å². The Bertz CT molecular complexity index is 661. The Balaban J connectivity index is 1.61. The highest BCUT2D eigenvalue weighted by atomic mass is 16.5. The first kappa shape index (κ1) is 21.0. The average Bonchev–Trinajstić information content (AvgIpc) is 3.12. The SMILES string of the molecule is CCc1noc(CC)c1CNC(=NC)NCCCOCCc1ccccc1. The lowest BCUT2D eigenvalue weighted by Gasteiger charge is -2.12. The maximum absolute atomic E-state index is 5.71. The van der Waals surface area contributed by atoms with Crippen LogP contribution in [-0.2, 0) is 30.5 Å². The van der Waals surface area contributed by atoms with Crippen LogP contribution in [0.15, 0.2) is 39.8 Å². The van der Waals surface area contributed by atoms with Gasteiger partial charge in [-0.3, -0.25) is 4.99 Å². The summed E-state index contributed by atoms with van der Waals surface area (Å²) >= 11 is 0. The number of hydrogen-bond acceptors (Lipinski definition) is 4. The van der Waals surface area contributed by atoms with Crippen molar-refractivity contribution in [2.45, 2.75) is 46.1 Å². The molecule has 1 aromatic heterocycles. The molecule has 0 aliphatic heterocycles. The summed E-state index contributed by atoms with van der Waals surface area (Å²) in [4.78, 5) is 4.27. The van der Waals surface area contributed by atoms with Crippen molar-refractivity contribution in [3.05, 3.63) is 52.9 Å². The van der Waals surface area contributed by atoms with Crippen molar-refractivity contribution >= 4 is 5.96 Å². The summed E-state index contributed by atoms with van der Waals surface area (Å²) in [6.45, 7) is 7.14. The van der Waals surface area contributed by atoms with E-state index in [0.717, 1.165) is 68.4 Å². The van der Waals surface area contributed by atoms with E-state index >= 15 is 0 Å². The van der Waals surface area contributed by atoms with Crippen molar-refractivity contribution in [3.63, 3.8) is 0 Å². The molecule has 0 spiro atoms. The van der Waals surface area contributed by atoms with Crippen LogP contribution >= 0.6 is 0 Å². The number of aliphatic imine (C=N–C) groups is 1. The van der Waals surface area contributed by atoms with Crippen molar-refractivity contribution in [1.82, 2.24) is 15.8 Å². The molecule has 0 saturated heterocycles. The second-order valence-corrected chi connectivity index (χ2v) is 6.29. The minimum atomic E-state index is 0.670. The molecule has 0 atom stereocenters. The van der Waals surface area contributed by atoms with Crippen molar-refractivity contribution in [1.29, 1.82) is 0 Å². The number of rotatable bonds is 11. The van der Waals surface area contributed by atoms with E-state index in [9.17, 15) is 0 Å². The summed E-state index contributed by atoms with van der Waals surface area (Å²) in [5, 5.41) is 10.8. The molecular weight excluding hydrogens is 340 g/mol. The molecule has 0 bridgehead atoms. The molecule has 0 aliphatic carbocycles. The van der Waals surface area contributed by atoms with Crippen LogP contribution in [0, 0.1) is 0 Å². The smallest absolute Gasteiger partial charge is 0.191 e. The summed E-state index contributed by atoms with van der Waals surface area (Å²) in [6.07, 6.45) is 3.60. The second-order valence-electron chi connectivity index (χ2n) is 6.29. The van der Waals surface area contributed by atoms with Crippen LogP contribution in [-0.4, -0.2) is 37.9 Å². The Morgan fingerprint density at radius 2 is 1.93 bits per heavy atom. The Labute approximate surface area is 162 Å². The molecule has 1 aromatic carbocycles. The van der Waals surface area contributed by atoms with Crippen molar-refractivity contribution < 1.29 is 9.26 Å². The van der Waals surface area contributed by atoms with E-state index < -0.39 is 0 Å². The molecule has 0 amide bonds. The topological polar surface area (TPSA) is 71.7 Å². The predicted molar refractivity (Wildman–Crippen MR) is 109 cm³/mol. The molecule has 0 saturated carbocycles. The van der Waals surface area contributed by atoms with Gasteiger partial charge in [-0.05, 0) is 24.8 Å². The third kappa shape index (κ3) is 7.06. The van der Waals surface area contributed by atoms with Gasteiger partial charge in [-0.15, -0.1) is 0 Å². The van der Waals surface area contributed by atoms with Gasteiger partial charge in [0.05, 0.1) is 12.3 Å². The lowest BCUT2D eigenvalue weighted by Crippen LogP contribution is -2.37. The first-order chi connectivity index (χ1) is 13.3. The molecule has 0 fully saturated rings. The van der Waals surface area contributed by atoms with Crippen LogP contribution in [0.3, 0.4) is 0 Å². The van der Waals surface area contributed by atoms with Crippen LogP contribution in [0.5, 0.6) is 0 Å². The number of aryl methyl sites for hydroxylation is 2. The molecule has 2 N–H and O–H groups in total. The Morgan fingerprint density at radius 3 is 2.63 bits per heavy atom. The highest BCUT2D eigenvalue weighted by Crippen LogP contribution is 2.15. The highest BCUT2D eigenvalue weighted by molar-refractivity contribution is 5.79. The van der Waals surface area contributed by atoms with Crippen LogP contribution in [0.4, 0.5) is 0 Å². The van der Waals surface area contributed by atoms with E-state index in [2.05, 4.69) is 58.9 Å². The number of nitrogens with zero attached hydrogens (tertiary/aromatic N) is 2. The van der Waals surface area contributed by atoms with Gasteiger partial charge >= 0.3 is 0 Å². The van der Waals surface area contributed by atoms with Crippen molar-refractivity contribution in [2.24, 2.45) is 4.99 Å².